The third-order valence-corrected chi connectivity index (χ3v) is 2.41. The molecule has 0 unspecified atom stereocenters. The number of aliphatic hydroxyl groups is 1. The van der Waals surface area contributed by atoms with Gasteiger partial charge in [-0.25, -0.2) is 0 Å². The number of methoxy groups -OCH3 is 2. The van der Waals surface area contributed by atoms with Crippen molar-refractivity contribution in [2.24, 2.45) is 5.41 Å². The second-order valence-corrected chi connectivity index (χ2v) is 4.60. The average Bonchev–Trinajstić information content (AvgIpc) is 2.35. The van der Waals surface area contributed by atoms with Crippen LogP contribution in [0.15, 0.2) is 18.2 Å². The Kier molecular flexibility index (Phi) is 4.63. The zero-order chi connectivity index (χ0) is 12.9. The van der Waals surface area contributed by atoms with E-state index in [2.05, 4.69) is 0 Å². The molecule has 96 valence electrons. The van der Waals surface area contributed by atoms with Crippen LogP contribution in [0.2, 0.25) is 0 Å². The zero-order valence-corrected chi connectivity index (χ0v) is 10.8. The van der Waals surface area contributed by atoms with Crippen molar-refractivity contribution in [1.82, 2.24) is 0 Å². The largest absolute Gasteiger partial charge is 0.493 e. The summed E-state index contributed by atoms with van der Waals surface area (Å²) in [6.07, 6.45) is 0. The third kappa shape index (κ3) is 3.53. The summed E-state index contributed by atoms with van der Waals surface area (Å²) < 4.78 is 16.1. The molecule has 0 saturated heterocycles. The second-order valence-electron chi connectivity index (χ2n) is 4.60. The smallest absolute Gasteiger partial charge is 0.203 e. The quantitative estimate of drug-likeness (QED) is 0.827. The Hall–Kier alpha value is -1.42. The lowest BCUT2D eigenvalue weighted by Gasteiger charge is -2.22. The van der Waals surface area contributed by atoms with Crippen molar-refractivity contribution in [3.8, 4) is 17.2 Å². The highest BCUT2D eigenvalue weighted by atomic mass is 16.5. The van der Waals surface area contributed by atoms with E-state index in [0.717, 1.165) is 0 Å². The Labute approximate surface area is 102 Å². The number of hydrogen-bond acceptors (Lipinski definition) is 4. The monoisotopic (exact) mass is 240 g/mol. The third-order valence-electron chi connectivity index (χ3n) is 2.41. The van der Waals surface area contributed by atoms with Crippen LogP contribution < -0.4 is 14.2 Å². The van der Waals surface area contributed by atoms with Gasteiger partial charge in [0.05, 0.1) is 27.4 Å². The molecule has 0 aliphatic rings. The molecule has 1 rings (SSSR count). The SMILES string of the molecule is COc1cccc(OCC(C)(C)CO)c1OC. The molecule has 0 fully saturated rings. The lowest BCUT2D eigenvalue weighted by molar-refractivity contribution is 0.0956. The van der Waals surface area contributed by atoms with Crippen molar-refractivity contribution >= 4 is 0 Å². The van der Waals surface area contributed by atoms with Gasteiger partial charge in [0.15, 0.2) is 11.5 Å². The van der Waals surface area contributed by atoms with E-state index < -0.39 is 0 Å². The predicted molar refractivity (Wildman–Crippen MR) is 65.9 cm³/mol. The summed E-state index contributed by atoms with van der Waals surface area (Å²) >= 11 is 0. The molecule has 0 radical (unpaired) electrons. The minimum atomic E-state index is -0.284. The molecule has 1 N–H and O–H groups in total. The van der Waals surface area contributed by atoms with Crippen molar-refractivity contribution < 1.29 is 19.3 Å². The number of hydrogen-bond donors (Lipinski definition) is 1. The fourth-order valence-electron chi connectivity index (χ4n) is 1.29. The van der Waals surface area contributed by atoms with Crippen LogP contribution in [0.25, 0.3) is 0 Å². The molecule has 0 spiro atoms. The summed E-state index contributed by atoms with van der Waals surface area (Å²) in [5.74, 6) is 1.82. The Balaban J connectivity index is 2.84. The van der Waals surface area contributed by atoms with Crippen LogP contribution in [0.3, 0.4) is 0 Å². The molecule has 4 heteroatoms. The van der Waals surface area contributed by atoms with Gasteiger partial charge in [-0.3, -0.25) is 0 Å². The number of benzene rings is 1. The van der Waals surface area contributed by atoms with Crippen LogP contribution in [-0.2, 0) is 0 Å². The second kappa shape index (κ2) is 5.77. The Bertz CT molecular complexity index is 360. The van der Waals surface area contributed by atoms with Crippen LogP contribution in [0.4, 0.5) is 0 Å². The topological polar surface area (TPSA) is 47.9 Å². The maximum atomic E-state index is 9.16. The van der Waals surface area contributed by atoms with Crippen LogP contribution in [-0.4, -0.2) is 32.5 Å². The molecule has 0 aliphatic heterocycles. The Morgan fingerprint density at radius 2 is 1.76 bits per heavy atom. The van der Waals surface area contributed by atoms with E-state index in [0.29, 0.717) is 23.9 Å². The first-order chi connectivity index (χ1) is 8.04. The Morgan fingerprint density at radius 1 is 1.12 bits per heavy atom. The van der Waals surface area contributed by atoms with E-state index in [-0.39, 0.29) is 12.0 Å². The van der Waals surface area contributed by atoms with Crippen molar-refractivity contribution in [3.05, 3.63) is 18.2 Å². The highest BCUT2D eigenvalue weighted by Crippen LogP contribution is 2.37. The fraction of sp³-hybridized carbons (Fsp3) is 0.538. The number of para-hydroxylation sites is 1. The summed E-state index contributed by atoms with van der Waals surface area (Å²) in [6, 6.07) is 5.46. The summed E-state index contributed by atoms with van der Waals surface area (Å²) in [6.45, 7) is 4.34. The minimum absolute atomic E-state index is 0.0687. The van der Waals surface area contributed by atoms with E-state index in [1.54, 1.807) is 14.2 Å². The molecule has 0 bridgehead atoms. The van der Waals surface area contributed by atoms with Gasteiger partial charge in [-0.2, -0.15) is 0 Å². The van der Waals surface area contributed by atoms with E-state index in [1.165, 1.54) is 0 Å². The number of aliphatic hydroxyl groups excluding tert-OH is 1. The minimum Gasteiger partial charge on any atom is -0.493 e. The van der Waals surface area contributed by atoms with Gasteiger partial charge in [0.2, 0.25) is 5.75 Å². The van der Waals surface area contributed by atoms with Gasteiger partial charge in [-0.15, -0.1) is 0 Å². The molecule has 0 atom stereocenters. The molecular weight excluding hydrogens is 220 g/mol. The summed E-state index contributed by atoms with van der Waals surface area (Å²) in [5.41, 5.74) is -0.284. The highest BCUT2D eigenvalue weighted by molar-refractivity contribution is 5.51. The van der Waals surface area contributed by atoms with E-state index >= 15 is 0 Å². The van der Waals surface area contributed by atoms with Crippen molar-refractivity contribution in [2.75, 3.05) is 27.4 Å². The molecule has 17 heavy (non-hydrogen) atoms. The lowest BCUT2D eigenvalue weighted by atomic mass is 9.96. The molecule has 4 nitrogen and oxygen atoms in total. The van der Waals surface area contributed by atoms with Crippen molar-refractivity contribution in [3.63, 3.8) is 0 Å². The maximum Gasteiger partial charge on any atom is 0.203 e. The van der Waals surface area contributed by atoms with E-state index in [4.69, 9.17) is 19.3 Å². The van der Waals surface area contributed by atoms with Gasteiger partial charge in [0.1, 0.15) is 0 Å². The fourth-order valence-corrected chi connectivity index (χ4v) is 1.29. The average molecular weight is 240 g/mol. The highest BCUT2D eigenvalue weighted by Gasteiger charge is 2.19. The Morgan fingerprint density at radius 3 is 2.29 bits per heavy atom. The number of rotatable bonds is 6. The first-order valence-electron chi connectivity index (χ1n) is 5.48. The van der Waals surface area contributed by atoms with Gasteiger partial charge in [-0.1, -0.05) is 19.9 Å². The van der Waals surface area contributed by atoms with Gasteiger partial charge in [0.25, 0.3) is 0 Å². The van der Waals surface area contributed by atoms with Gasteiger partial charge < -0.3 is 19.3 Å². The molecule has 1 aromatic carbocycles. The zero-order valence-electron chi connectivity index (χ0n) is 10.8. The molecule has 0 heterocycles. The normalized spacial score (nSPS) is 11.1. The standard InChI is InChI=1S/C13H20O4/c1-13(2,8-14)9-17-11-7-5-6-10(15-3)12(11)16-4/h5-7,14H,8-9H2,1-4H3. The van der Waals surface area contributed by atoms with Crippen LogP contribution in [0.5, 0.6) is 17.2 Å². The van der Waals surface area contributed by atoms with Gasteiger partial charge in [-0.05, 0) is 12.1 Å². The number of ether oxygens (including phenoxy) is 3. The first-order valence-corrected chi connectivity index (χ1v) is 5.48. The lowest BCUT2D eigenvalue weighted by Crippen LogP contribution is -2.25. The predicted octanol–water partition coefficient (Wildman–Crippen LogP) is 2.10. The van der Waals surface area contributed by atoms with Gasteiger partial charge in [0, 0.05) is 5.41 Å². The molecule has 0 saturated carbocycles. The van der Waals surface area contributed by atoms with Crippen molar-refractivity contribution in [2.45, 2.75) is 13.8 Å². The summed E-state index contributed by atoms with van der Waals surface area (Å²) in [5, 5.41) is 9.16. The summed E-state index contributed by atoms with van der Waals surface area (Å²) in [4.78, 5) is 0. The van der Waals surface area contributed by atoms with Crippen LogP contribution in [0.1, 0.15) is 13.8 Å². The molecule has 1 aromatic rings. The van der Waals surface area contributed by atoms with Gasteiger partial charge >= 0.3 is 0 Å². The first kappa shape index (κ1) is 13.6. The van der Waals surface area contributed by atoms with Crippen molar-refractivity contribution in [1.29, 1.82) is 0 Å². The molecule has 0 aliphatic carbocycles. The summed E-state index contributed by atoms with van der Waals surface area (Å²) in [7, 11) is 3.15. The van der Waals surface area contributed by atoms with Crippen LogP contribution in [0, 0.1) is 5.41 Å². The van der Waals surface area contributed by atoms with E-state index in [9.17, 15) is 0 Å². The van der Waals surface area contributed by atoms with Crippen LogP contribution >= 0.6 is 0 Å². The molecule has 0 aromatic heterocycles. The maximum absolute atomic E-state index is 9.16. The molecule has 0 amide bonds. The van der Waals surface area contributed by atoms with E-state index in [1.807, 2.05) is 32.0 Å². The molecular formula is C13H20O4.